The van der Waals surface area contributed by atoms with Gasteiger partial charge < -0.3 is 24.9 Å². The van der Waals surface area contributed by atoms with E-state index in [0.717, 1.165) is 83.2 Å². The number of hydrogen-bond acceptors (Lipinski definition) is 5. The van der Waals surface area contributed by atoms with Crippen molar-refractivity contribution in [1.82, 2.24) is 19.6 Å². The SMILES string of the molecule is CN1CCN(c2ccccc2NC(=O)N2CCCCC(N3CCN(C)CC3)C2)CC1. The Kier molecular flexibility index (Phi) is 7.12. The molecule has 3 saturated heterocycles. The maximum atomic E-state index is 13.2. The largest absolute Gasteiger partial charge is 0.367 e. The van der Waals surface area contributed by atoms with Crippen LogP contribution in [-0.4, -0.2) is 111 Å². The minimum atomic E-state index is 0.0533. The van der Waals surface area contributed by atoms with Gasteiger partial charge in [-0.25, -0.2) is 4.79 Å². The third-order valence-corrected chi connectivity index (χ3v) is 6.98. The first-order valence-corrected chi connectivity index (χ1v) is 11.6. The van der Waals surface area contributed by atoms with Gasteiger partial charge in [-0.3, -0.25) is 4.90 Å². The van der Waals surface area contributed by atoms with Gasteiger partial charge in [-0.2, -0.15) is 0 Å². The number of carbonyl (C=O) groups is 1. The van der Waals surface area contributed by atoms with Gasteiger partial charge >= 0.3 is 6.03 Å². The first-order chi connectivity index (χ1) is 14.6. The van der Waals surface area contributed by atoms with Crippen LogP contribution in [-0.2, 0) is 0 Å². The number of likely N-dealkylation sites (tertiary alicyclic amines) is 1. The van der Waals surface area contributed by atoms with Crippen LogP contribution in [0, 0.1) is 0 Å². The minimum Gasteiger partial charge on any atom is -0.367 e. The third-order valence-electron chi connectivity index (χ3n) is 6.98. The van der Waals surface area contributed by atoms with E-state index in [1.807, 2.05) is 12.1 Å². The third kappa shape index (κ3) is 5.25. The number of likely N-dealkylation sites (N-methyl/N-ethyl adjacent to an activating group) is 2. The number of anilines is 2. The summed E-state index contributed by atoms with van der Waals surface area (Å²) in [4.78, 5) is 25.0. The van der Waals surface area contributed by atoms with Crippen molar-refractivity contribution < 1.29 is 4.79 Å². The quantitative estimate of drug-likeness (QED) is 0.821. The van der Waals surface area contributed by atoms with Gasteiger partial charge in [0.05, 0.1) is 11.4 Å². The molecule has 3 heterocycles. The van der Waals surface area contributed by atoms with Crippen LogP contribution in [0.25, 0.3) is 0 Å². The molecule has 3 aliphatic heterocycles. The van der Waals surface area contributed by atoms with E-state index in [9.17, 15) is 4.79 Å². The average Bonchev–Trinajstić information content (AvgIpc) is 3.02. The highest BCUT2D eigenvalue weighted by atomic mass is 16.2. The van der Waals surface area contributed by atoms with Gasteiger partial charge in [-0.15, -0.1) is 0 Å². The molecule has 7 nitrogen and oxygen atoms in total. The van der Waals surface area contributed by atoms with Crippen LogP contribution >= 0.6 is 0 Å². The second-order valence-corrected chi connectivity index (χ2v) is 9.17. The molecule has 30 heavy (non-hydrogen) atoms. The number of hydrogen-bond donors (Lipinski definition) is 1. The van der Waals surface area contributed by atoms with Gasteiger partial charge in [0.2, 0.25) is 0 Å². The minimum absolute atomic E-state index is 0.0533. The second kappa shape index (κ2) is 9.98. The molecule has 0 saturated carbocycles. The van der Waals surface area contributed by atoms with E-state index in [4.69, 9.17) is 0 Å². The van der Waals surface area contributed by atoms with Gasteiger partial charge in [0, 0.05) is 71.5 Å². The maximum absolute atomic E-state index is 13.2. The van der Waals surface area contributed by atoms with Crippen molar-refractivity contribution in [3.8, 4) is 0 Å². The molecular weight excluding hydrogens is 376 g/mol. The van der Waals surface area contributed by atoms with Crippen LogP contribution in [0.4, 0.5) is 16.2 Å². The monoisotopic (exact) mass is 414 g/mol. The van der Waals surface area contributed by atoms with Crippen molar-refractivity contribution in [2.45, 2.75) is 25.3 Å². The van der Waals surface area contributed by atoms with E-state index in [-0.39, 0.29) is 6.03 Å². The molecule has 1 N–H and O–H groups in total. The lowest BCUT2D eigenvalue weighted by molar-refractivity contribution is 0.0948. The molecule has 1 aromatic rings. The van der Waals surface area contributed by atoms with Crippen LogP contribution in [0.3, 0.4) is 0 Å². The molecule has 166 valence electrons. The zero-order valence-corrected chi connectivity index (χ0v) is 18.7. The topological polar surface area (TPSA) is 45.3 Å². The highest BCUT2D eigenvalue weighted by Crippen LogP contribution is 2.27. The first-order valence-electron chi connectivity index (χ1n) is 11.6. The fourth-order valence-electron chi connectivity index (χ4n) is 4.89. The summed E-state index contributed by atoms with van der Waals surface area (Å²) in [6.07, 6.45) is 3.50. The Balaban J connectivity index is 1.40. The lowest BCUT2D eigenvalue weighted by Gasteiger charge is -2.39. The summed E-state index contributed by atoms with van der Waals surface area (Å²) in [5.74, 6) is 0. The summed E-state index contributed by atoms with van der Waals surface area (Å²) < 4.78 is 0. The summed E-state index contributed by atoms with van der Waals surface area (Å²) in [7, 11) is 4.36. The van der Waals surface area contributed by atoms with Crippen molar-refractivity contribution >= 4 is 17.4 Å². The van der Waals surface area contributed by atoms with Crippen molar-refractivity contribution in [3.05, 3.63) is 24.3 Å². The zero-order chi connectivity index (χ0) is 20.9. The molecule has 0 radical (unpaired) electrons. The fourth-order valence-corrected chi connectivity index (χ4v) is 4.89. The predicted octanol–water partition coefficient (Wildman–Crippen LogP) is 2.07. The standard InChI is InChI=1S/C23H38N6O/c1-25-11-15-27(16-12-25)20-7-5-6-10-29(19-20)23(30)24-21-8-3-4-9-22(21)28-17-13-26(2)14-18-28/h3-4,8-9,20H,5-7,10-19H2,1-2H3,(H,24,30). The van der Waals surface area contributed by atoms with E-state index in [1.54, 1.807) is 0 Å². The molecule has 7 heteroatoms. The molecule has 0 aliphatic carbocycles. The fraction of sp³-hybridized carbons (Fsp3) is 0.696. The highest BCUT2D eigenvalue weighted by Gasteiger charge is 2.28. The number of benzene rings is 1. The van der Waals surface area contributed by atoms with Gasteiger partial charge in [-0.1, -0.05) is 18.6 Å². The predicted molar refractivity (Wildman–Crippen MR) is 123 cm³/mol. The van der Waals surface area contributed by atoms with Crippen LogP contribution in [0.2, 0.25) is 0 Å². The van der Waals surface area contributed by atoms with E-state index >= 15 is 0 Å². The molecule has 4 rings (SSSR count). The number of piperazine rings is 2. The molecule has 0 aromatic heterocycles. The normalized spacial score (nSPS) is 25.2. The Morgan fingerprint density at radius 2 is 1.53 bits per heavy atom. The maximum Gasteiger partial charge on any atom is 0.321 e. The van der Waals surface area contributed by atoms with Crippen molar-refractivity contribution in [3.63, 3.8) is 0 Å². The van der Waals surface area contributed by atoms with E-state index in [1.165, 1.54) is 12.8 Å². The molecule has 3 aliphatic rings. The number of nitrogens with one attached hydrogen (secondary N) is 1. The molecule has 0 spiro atoms. The molecule has 1 aromatic carbocycles. The number of para-hydroxylation sites is 2. The lowest BCUT2D eigenvalue weighted by Crippen LogP contribution is -2.52. The highest BCUT2D eigenvalue weighted by molar-refractivity contribution is 5.93. The van der Waals surface area contributed by atoms with E-state index in [2.05, 4.69) is 56.0 Å². The van der Waals surface area contributed by atoms with E-state index in [0.29, 0.717) is 6.04 Å². The van der Waals surface area contributed by atoms with Crippen LogP contribution < -0.4 is 10.2 Å². The first kappa shape index (κ1) is 21.4. The molecule has 3 fully saturated rings. The van der Waals surface area contributed by atoms with Crippen LogP contribution in [0.5, 0.6) is 0 Å². The number of urea groups is 1. The van der Waals surface area contributed by atoms with E-state index < -0.39 is 0 Å². The lowest BCUT2D eigenvalue weighted by atomic mass is 10.1. The number of amides is 2. The van der Waals surface area contributed by atoms with Crippen molar-refractivity contribution in [2.75, 3.05) is 89.8 Å². The van der Waals surface area contributed by atoms with Gasteiger partial charge in [0.15, 0.2) is 0 Å². The Hall–Kier alpha value is -1.83. The van der Waals surface area contributed by atoms with Gasteiger partial charge in [0.1, 0.15) is 0 Å². The van der Waals surface area contributed by atoms with Crippen LogP contribution in [0.15, 0.2) is 24.3 Å². The Morgan fingerprint density at radius 3 is 2.27 bits per heavy atom. The Labute approximate surface area is 181 Å². The summed E-state index contributed by atoms with van der Waals surface area (Å²) in [6.45, 7) is 10.3. The number of carbonyl (C=O) groups excluding carboxylic acids is 1. The summed E-state index contributed by atoms with van der Waals surface area (Å²) in [6, 6.07) is 8.80. The van der Waals surface area contributed by atoms with Crippen LogP contribution in [0.1, 0.15) is 19.3 Å². The van der Waals surface area contributed by atoms with Crippen molar-refractivity contribution in [1.29, 1.82) is 0 Å². The second-order valence-electron chi connectivity index (χ2n) is 9.17. The number of nitrogens with zero attached hydrogens (tertiary/aromatic N) is 5. The average molecular weight is 415 g/mol. The summed E-state index contributed by atoms with van der Waals surface area (Å²) in [5.41, 5.74) is 2.08. The molecule has 1 unspecified atom stereocenters. The Bertz CT molecular complexity index is 697. The molecule has 0 bridgehead atoms. The van der Waals surface area contributed by atoms with Gasteiger partial charge in [0.25, 0.3) is 0 Å². The Morgan fingerprint density at radius 1 is 0.867 bits per heavy atom. The van der Waals surface area contributed by atoms with Gasteiger partial charge in [-0.05, 0) is 39.1 Å². The summed E-state index contributed by atoms with van der Waals surface area (Å²) >= 11 is 0. The smallest absolute Gasteiger partial charge is 0.321 e. The molecular formula is C23H38N6O. The zero-order valence-electron chi connectivity index (χ0n) is 18.7. The molecule has 1 atom stereocenters. The summed E-state index contributed by atoms with van der Waals surface area (Å²) in [5, 5.41) is 3.25. The number of rotatable bonds is 3. The van der Waals surface area contributed by atoms with Crippen molar-refractivity contribution in [2.24, 2.45) is 0 Å². The molecule has 2 amide bonds.